The Morgan fingerprint density at radius 1 is 1.20 bits per heavy atom. The predicted octanol–water partition coefficient (Wildman–Crippen LogP) is 3.78. The van der Waals surface area contributed by atoms with Crippen molar-refractivity contribution in [2.24, 2.45) is 0 Å². The molecule has 1 aliphatic carbocycles. The number of nitrogens with zero attached hydrogens (tertiary/aromatic N) is 2. The van der Waals surface area contributed by atoms with Crippen molar-refractivity contribution in [3.05, 3.63) is 11.7 Å². The first-order valence-electron chi connectivity index (χ1n) is 8.10. The molecule has 0 amide bonds. The van der Waals surface area contributed by atoms with Crippen molar-refractivity contribution in [1.29, 1.82) is 0 Å². The molecule has 4 heteroatoms. The van der Waals surface area contributed by atoms with Crippen LogP contribution in [0.1, 0.15) is 83.9 Å². The second-order valence-corrected chi connectivity index (χ2v) is 7.01. The van der Waals surface area contributed by atoms with Crippen LogP contribution >= 0.6 is 0 Å². The van der Waals surface area contributed by atoms with Gasteiger partial charge in [-0.05, 0) is 25.8 Å². The van der Waals surface area contributed by atoms with Gasteiger partial charge >= 0.3 is 0 Å². The molecule has 0 spiro atoms. The molecule has 0 radical (unpaired) electrons. The van der Waals surface area contributed by atoms with Crippen LogP contribution in [0.15, 0.2) is 4.52 Å². The third-order valence-electron chi connectivity index (χ3n) is 4.10. The molecule has 0 aliphatic heterocycles. The molecule has 1 N–H and O–H groups in total. The average Bonchev–Trinajstić information content (AvgIpc) is 2.77. The molecule has 2 rings (SSSR count). The maximum Gasteiger partial charge on any atom is 0.231 e. The van der Waals surface area contributed by atoms with Gasteiger partial charge in [0.1, 0.15) is 0 Å². The van der Waals surface area contributed by atoms with E-state index >= 15 is 0 Å². The maximum atomic E-state index is 5.60. The minimum absolute atomic E-state index is 0.0428. The van der Waals surface area contributed by atoms with E-state index in [2.05, 4.69) is 43.2 Å². The summed E-state index contributed by atoms with van der Waals surface area (Å²) in [6, 6.07) is 0.491. The fraction of sp³-hybridized carbons (Fsp3) is 0.875. The smallest absolute Gasteiger partial charge is 0.231 e. The molecule has 1 saturated carbocycles. The van der Waals surface area contributed by atoms with Gasteiger partial charge in [-0.2, -0.15) is 4.98 Å². The molecular weight excluding hydrogens is 250 g/mol. The van der Waals surface area contributed by atoms with Gasteiger partial charge in [-0.25, -0.2) is 0 Å². The van der Waals surface area contributed by atoms with Crippen LogP contribution in [0.25, 0.3) is 0 Å². The highest BCUT2D eigenvalue weighted by Gasteiger charge is 2.31. The molecule has 1 fully saturated rings. The molecule has 1 heterocycles. The summed E-state index contributed by atoms with van der Waals surface area (Å²) in [6.45, 7) is 9.66. The fourth-order valence-corrected chi connectivity index (χ4v) is 2.87. The summed E-state index contributed by atoms with van der Waals surface area (Å²) >= 11 is 0. The van der Waals surface area contributed by atoms with Crippen LogP contribution in [0.2, 0.25) is 0 Å². The van der Waals surface area contributed by atoms with E-state index in [-0.39, 0.29) is 5.41 Å². The summed E-state index contributed by atoms with van der Waals surface area (Å²) in [5, 5.41) is 7.87. The van der Waals surface area contributed by atoms with Crippen molar-refractivity contribution in [1.82, 2.24) is 15.5 Å². The molecule has 1 aliphatic rings. The lowest BCUT2D eigenvalue weighted by atomic mass is 9.93. The summed E-state index contributed by atoms with van der Waals surface area (Å²) in [5.41, 5.74) is -0.0428. The third-order valence-corrected chi connectivity index (χ3v) is 4.10. The van der Waals surface area contributed by atoms with Crippen LogP contribution in [0.5, 0.6) is 0 Å². The zero-order chi connectivity index (χ0) is 14.6. The number of nitrogens with one attached hydrogen (secondary N) is 1. The zero-order valence-electron chi connectivity index (χ0n) is 13.4. The minimum atomic E-state index is -0.0428. The Bertz CT molecular complexity index is 408. The lowest BCUT2D eigenvalue weighted by Gasteiger charge is -2.23. The molecule has 114 valence electrons. The number of rotatable bonds is 4. The van der Waals surface area contributed by atoms with Gasteiger partial charge in [-0.3, -0.25) is 0 Å². The second kappa shape index (κ2) is 6.70. The van der Waals surface area contributed by atoms with Crippen LogP contribution in [0.3, 0.4) is 0 Å². The van der Waals surface area contributed by atoms with Gasteiger partial charge in [-0.1, -0.05) is 52.1 Å². The highest BCUT2D eigenvalue weighted by Crippen LogP contribution is 2.32. The SMILES string of the molecule is CCCNC1CCCCCC1c1nc(C(C)(C)C)no1. The molecule has 0 aromatic carbocycles. The van der Waals surface area contributed by atoms with Crippen molar-refractivity contribution >= 4 is 0 Å². The molecule has 0 saturated heterocycles. The van der Waals surface area contributed by atoms with Crippen molar-refractivity contribution in [2.45, 2.75) is 83.6 Å². The summed E-state index contributed by atoms with van der Waals surface area (Å²) in [6.07, 6.45) is 7.44. The van der Waals surface area contributed by atoms with E-state index < -0.39 is 0 Å². The van der Waals surface area contributed by atoms with Gasteiger partial charge in [0.25, 0.3) is 0 Å². The van der Waals surface area contributed by atoms with E-state index in [1.165, 1.54) is 32.1 Å². The van der Waals surface area contributed by atoms with Gasteiger partial charge in [0.2, 0.25) is 5.89 Å². The van der Waals surface area contributed by atoms with Crippen LogP contribution in [-0.4, -0.2) is 22.7 Å². The highest BCUT2D eigenvalue weighted by molar-refractivity contribution is 5.05. The number of hydrogen-bond acceptors (Lipinski definition) is 4. The predicted molar refractivity (Wildman–Crippen MR) is 80.9 cm³/mol. The van der Waals surface area contributed by atoms with Crippen molar-refractivity contribution in [3.8, 4) is 0 Å². The summed E-state index contributed by atoms with van der Waals surface area (Å²) < 4.78 is 5.60. The first kappa shape index (κ1) is 15.5. The summed E-state index contributed by atoms with van der Waals surface area (Å²) in [7, 11) is 0. The van der Waals surface area contributed by atoms with Gasteiger partial charge in [0, 0.05) is 11.5 Å². The van der Waals surface area contributed by atoms with Crippen molar-refractivity contribution < 1.29 is 4.52 Å². The Labute approximate surface area is 122 Å². The minimum Gasteiger partial charge on any atom is -0.339 e. The largest absolute Gasteiger partial charge is 0.339 e. The Kier molecular flexibility index (Phi) is 5.19. The lowest BCUT2D eigenvalue weighted by Crippen LogP contribution is -2.35. The molecule has 2 atom stereocenters. The molecule has 1 aromatic heterocycles. The van der Waals surface area contributed by atoms with Gasteiger partial charge in [0.05, 0.1) is 5.92 Å². The van der Waals surface area contributed by atoms with E-state index in [1.807, 2.05) is 0 Å². The molecule has 4 nitrogen and oxygen atoms in total. The number of aromatic nitrogens is 2. The Morgan fingerprint density at radius 2 is 1.95 bits per heavy atom. The second-order valence-electron chi connectivity index (χ2n) is 7.01. The molecular formula is C16H29N3O. The Hall–Kier alpha value is -0.900. The van der Waals surface area contributed by atoms with Crippen LogP contribution in [0.4, 0.5) is 0 Å². The Morgan fingerprint density at radius 3 is 2.60 bits per heavy atom. The van der Waals surface area contributed by atoms with E-state index in [0.29, 0.717) is 12.0 Å². The lowest BCUT2D eigenvalue weighted by molar-refractivity contribution is 0.300. The highest BCUT2D eigenvalue weighted by atomic mass is 16.5. The monoisotopic (exact) mass is 279 g/mol. The number of hydrogen-bond donors (Lipinski definition) is 1. The average molecular weight is 279 g/mol. The van der Waals surface area contributed by atoms with Crippen molar-refractivity contribution in [2.75, 3.05) is 6.54 Å². The van der Waals surface area contributed by atoms with Crippen LogP contribution < -0.4 is 5.32 Å². The first-order valence-corrected chi connectivity index (χ1v) is 8.10. The zero-order valence-corrected chi connectivity index (χ0v) is 13.4. The normalized spacial score (nSPS) is 24.6. The van der Waals surface area contributed by atoms with E-state index in [9.17, 15) is 0 Å². The molecule has 0 bridgehead atoms. The summed E-state index contributed by atoms with van der Waals surface area (Å²) in [5.74, 6) is 2.05. The standard InChI is InChI=1S/C16H29N3O/c1-5-11-17-13-10-8-6-7-9-12(13)14-18-15(19-20-14)16(2,3)4/h12-13,17H,5-11H2,1-4H3. The van der Waals surface area contributed by atoms with Gasteiger partial charge in [-0.15, -0.1) is 0 Å². The topological polar surface area (TPSA) is 51.0 Å². The maximum absolute atomic E-state index is 5.60. The first-order chi connectivity index (χ1) is 9.52. The Balaban J connectivity index is 2.15. The van der Waals surface area contributed by atoms with E-state index in [4.69, 9.17) is 4.52 Å². The molecule has 1 aromatic rings. The summed E-state index contributed by atoms with van der Waals surface area (Å²) in [4.78, 5) is 4.69. The van der Waals surface area contributed by atoms with E-state index in [0.717, 1.165) is 24.7 Å². The fourth-order valence-electron chi connectivity index (χ4n) is 2.87. The van der Waals surface area contributed by atoms with Gasteiger partial charge < -0.3 is 9.84 Å². The van der Waals surface area contributed by atoms with E-state index in [1.54, 1.807) is 0 Å². The quantitative estimate of drug-likeness (QED) is 0.852. The molecule has 2 unspecified atom stereocenters. The molecule has 20 heavy (non-hydrogen) atoms. The van der Waals surface area contributed by atoms with Crippen molar-refractivity contribution in [3.63, 3.8) is 0 Å². The third kappa shape index (κ3) is 3.81. The van der Waals surface area contributed by atoms with Crippen LogP contribution in [0, 0.1) is 0 Å². The van der Waals surface area contributed by atoms with Gasteiger partial charge in [0.15, 0.2) is 5.82 Å². The van der Waals surface area contributed by atoms with Crippen LogP contribution in [-0.2, 0) is 5.41 Å².